The van der Waals surface area contributed by atoms with E-state index in [0.717, 1.165) is 16.7 Å². The predicted octanol–water partition coefficient (Wildman–Crippen LogP) is 5.01. The van der Waals surface area contributed by atoms with E-state index in [0.29, 0.717) is 34.8 Å². The number of aryl methyl sites for hydroxylation is 2. The minimum absolute atomic E-state index is 0.274. The third-order valence-electron chi connectivity index (χ3n) is 5.86. The van der Waals surface area contributed by atoms with Crippen molar-refractivity contribution in [1.29, 1.82) is 0 Å². The van der Waals surface area contributed by atoms with E-state index in [1.165, 1.54) is 0 Å². The molecule has 4 rings (SSSR count). The fourth-order valence-electron chi connectivity index (χ4n) is 4.26. The molecule has 1 atom stereocenters. The molecule has 0 spiro atoms. The smallest absolute Gasteiger partial charge is 0.264 e. The Kier molecular flexibility index (Phi) is 5.69. The van der Waals surface area contributed by atoms with Gasteiger partial charge >= 0.3 is 0 Å². The average molecular weight is 434 g/mol. The van der Waals surface area contributed by atoms with Crippen molar-refractivity contribution in [2.45, 2.75) is 32.3 Å². The molecule has 158 valence electrons. The third-order valence-corrected chi connectivity index (χ3v) is 6.09. The molecule has 3 aromatic carbocycles. The van der Waals surface area contributed by atoms with Crippen LogP contribution in [0.4, 0.5) is 5.69 Å². The summed E-state index contributed by atoms with van der Waals surface area (Å²) in [6.07, 6.45) is 0.306. The fourth-order valence-corrected chi connectivity index (χ4v) is 4.43. The van der Waals surface area contributed by atoms with Crippen LogP contribution >= 0.6 is 11.6 Å². The zero-order valence-electron chi connectivity index (χ0n) is 17.6. The summed E-state index contributed by atoms with van der Waals surface area (Å²) >= 11 is 6.19. The summed E-state index contributed by atoms with van der Waals surface area (Å²) in [7, 11) is 0. The molecule has 0 radical (unpaired) electrons. The lowest BCUT2D eigenvalue weighted by Crippen LogP contribution is -2.42. The Morgan fingerprint density at radius 2 is 1.77 bits per heavy atom. The van der Waals surface area contributed by atoms with Crippen LogP contribution in [0.2, 0.25) is 5.02 Å². The number of anilines is 1. The Morgan fingerprint density at radius 1 is 1.03 bits per heavy atom. The van der Waals surface area contributed by atoms with Gasteiger partial charge in [0.15, 0.2) is 11.4 Å². The molecule has 0 saturated carbocycles. The lowest BCUT2D eigenvalue weighted by atomic mass is 9.87. The first kappa shape index (κ1) is 21.3. The maximum Gasteiger partial charge on any atom is 0.264 e. The number of halogens is 1. The van der Waals surface area contributed by atoms with E-state index in [2.05, 4.69) is 0 Å². The van der Waals surface area contributed by atoms with Gasteiger partial charge in [0, 0.05) is 22.7 Å². The first-order valence-electron chi connectivity index (χ1n) is 10.3. The molecular formula is C26H24ClNO3. The first-order chi connectivity index (χ1) is 14.8. The highest BCUT2D eigenvalue weighted by Gasteiger charge is 2.51. The molecule has 0 aliphatic carbocycles. The van der Waals surface area contributed by atoms with Crippen molar-refractivity contribution in [2.24, 2.45) is 0 Å². The second kappa shape index (κ2) is 8.29. The summed E-state index contributed by atoms with van der Waals surface area (Å²) < 4.78 is 0. The number of hydrogen-bond donors (Lipinski definition) is 1. The zero-order valence-corrected chi connectivity index (χ0v) is 18.3. The first-order valence-corrected chi connectivity index (χ1v) is 10.7. The summed E-state index contributed by atoms with van der Waals surface area (Å²) in [5.74, 6) is -0.761. The summed E-state index contributed by atoms with van der Waals surface area (Å²) in [4.78, 5) is 28.1. The molecule has 1 amide bonds. The molecule has 1 heterocycles. The van der Waals surface area contributed by atoms with Gasteiger partial charge < -0.3 is 10.0 Å². The van der Waals surface area contributed by atoms with Crippen molar-refractivity contribution in [3.63, 3.8) is 0 Å². The topological polar surface area (TPSA) is 57.6 Å². The van der Waals surface area contributed by atoms with Crippen LogP contribution in [0, 0.1) is 13.8 Å². The number of carbonyl (C=O) groups excluding carboxylic acids is 2. The van der Waals surface area contributed by atoms with E-state index in [9.17, 15) is 14.7 Å². The number of rotatable bonds is 6. The summed E-state index contributed by atoms with van der Waals surface area (Å²) in [6, 6.07) is 20.4. The van der Waals surface area contributed by atoms with Crippen LogP contribution in [0.1, 0.15) is 39.0 Å². The van der Waals surface area contributed by atoms with E-state index in [-0.39, 0.29) is 12.2 Å². The van der Waals surface area contributed by atoms with E-state index in [1.54, 1.807) is 29.2 Å². The molecule has 0 unspecified atom stereocenters. The minimum atomic E-state index is -1.94. The number of nitrogens with zero attached hydrogens (tertiary/aromatic N) is 1. The highest BCUT2D eigenvalue weighted by atomic mass is 35.5. The molecule has 0 saturated heterocycles. The van der Waals surface area contributed by atoms with Crippen LogP contribution < -0.4 is 4.90 Å². The van der Waals surface area contributed by atoms with Crippen molar-refractivity contribution in [1.82, 2.24) is 0 Å². The highest BCUT2D eigenvalue weighted by Crippen LogP contribution is 2.44. The Labute approximate surface area is 187 Å². The Bertz CT molecular complexity index is 1160. The Morgan fingerprint density at radius 3 is 2.48 bits per heavy atom. The van der Waals surface area contributed by atoms with Gasteiger partial charge in [0.25, 0.3) is 5.91 Å². The van der Waals surface area contributed by atoms with Gasteiger partial charge in [-0.1, -0.05) is 65.7 Å². The molecule has 5 heteroatoms. The van der Waals surface area contributed by atoms with Gasteiger partial charge in [-0.3, -0.25) is 9.59 Å². The fraction of sp³-hybridized carbons (Fsp3) is 0.231. The molecule has 1 aliphatic heterocycles. The van der Waals surface area contributed by atoms with Gasteiger partial charge in [-0.15, -0.1) is 0 Å². The molecule has 31 heavy (non-hydrogen) atoms. The number of benzene rings is 3. The van der Waals surface area contributed by atoms with Gasteiger partial charge in [0.2, 0.25) is 0 Å². The highest BCUT2D eigenvalue weighted by molar-refractivity contribution is 6.31. The van der Waals surface area contributed by atoms with Crippen molar-refractivity contribution >= 4 is 29.0 Å². The second-order valence-electron chi connectivity index (χ2n) is 8.13. The molecule has 0 fully saturated rings. The van der Waals surface area contributed by atoms with Crippen molar-refractivity contribution < 1.29 is 14.7 Å². The van der Waals surface area contributed by atoms with Gasteiger partial charge in [-0.2, -0.15) is 0 Å². The lowest BCUT2D eigenvalue weighted by molar-refractivity contribution is -0.135. The van der Waals surface area contributed by atoms with Gasteiger partial charge in [-0.25, -0.2) is 0 Å². The van der Waals surface area contributed by atoms with E-state index < -0.39 is 11.5 Å². The number of aliphatic hydroxyl groups is 1. The largest absolute Gasteiger partial charge is 0.375 e. The van der Waals surface area contributed by atoms with Gasteiger partial charge in [0.05, 0.1) is 12.1 Å². The predicted molar refractivity (Wildman–Crippen MR) is 123 cm³/mol. The average Bonchev–Trinajstić information content (AvgIpc) is 2.93. The zero-order chi connectivity index (χ0) is 22.2. The van der Waals surface area contributed by atoms with Crippen LogP contribution in [0.3, 0.4) is 0 Å². The van der Waals surface area contributed by atoms with Crippen LogP contribution in [-0.4, -0.2) is 23.3 Å². The number of Topliss-reactive ketones (excluding diaryl/α,β-unsaturated/α-hetero) is 1. The minimum Gasteiger partial charge on any atom is -0.375 e. The molecule has 0 aromatic heterocycles. The molecule has 1 N–H and O–H groups in total. The van der Waals surface area contributed by atoms with E-state index >= 15 is 0 Å². The van der Waals surface area contributed by atoms with Gasteiger partial charge in [0.1, 0.15) is 0 Å². The monoisotopic (exact) mass is 433 g/mol. The maximum absolute atomic E-state index is 13.4. The second-order valence-corrected chi connectivity index (χ2v) is 8.57. The van der Waals surface area contributed by atoms with Crippen LogP contribution in [0.5, 0.6) is 0 Å². The molecule has 3 aromatic rings. The van der Waals surface area contributed by atoms with Crippen LogP contribution in [-0.2, 0) is 16.8 Å². The number of fused-ring (bicyclic) bond motifs is 1. The molecule has 4 nitrogen and oxygen atoms in total. The quantitative estimate of drug-likeness (QED) is 0.556. The van der Waals surface area contributed by atoms with Crippen molar-refractivity contribution in [2.75, 3.05) is 11.4 Å². The number of hydrogen-bond acceptors (Lipinski definition) is 3. The SMILES string of the molecule is Cc1ccc(C(=O)C[C@]2(O)C(=O)N(CCc3ccccc3)c3ccc(Cl)cc32)c(C)c1. The summed E-state index contributed by atoms with van der Waals surface area (Å²) in [5, 5.41) is 11.9. The number of amides is 1. The third kappa shape index (κ3) is 4.01. The van der Waals surface area contributed by atoms with Gasteiger partial charge in [-0.05, 0) is 49.6 Å². The molecule has 1 aliphatic rings. The number of carbonyl (C=O) groups is 2. The lowest BCUT2D eigenvalue weighted by Gasteiger charge is -2.23. The normalized spacial score (nSPS) is 17.7. The summed E-state index contributed by atoms with van der Waals surface area (Å²) in [6.45, 7) is 4.22. The van der Waals surface area contributed by atoms with E-state index in [1.807, 2.05) is 56.3 Å². The Hall–Kier alpha value is -2.95. The number of ketones is 1. The Balaban J connectivity index is 1.66. The molecular weight excluding hydrogens is 410 g/mol. The van der Waals surface area contributed by atoms with Crippen LogP contribution in [0.25, 0.3) is 0 Å². The van der Waals surface area contributed by atoms with Crippen LogP contribution in [0.15, 0.2) is 66.7 Å². The summed E-state index contributed by atoms with van der Waals surface area (Å²) in [5.41, 5.74) is 2.52. The van der Waals surface area contributed by atoms with E-state index in [4.69, 9.17) is 11.6 Å². The maximum atomic E-state index is 13.4. The molecule has 0 bridgehead atoms. The van der Waals surface area contributed by atoms with Crippen molar-refractivity contribution in [3.8, 4) is 0 Å². The standard InChI is InChI=1S/C26H24ClNO3/c1-17-8-10-21(18(2)14-17)24(29)16-26(31)22-15-20(27)9-11-23(22)28(25(26)30)13-12-19-6-4-3-5-7-19/h3-11,14-15,31H,12-13,16H2,1-2H3/t26-/m1/s1. The van der Waals surface area contributed by atoms with Crippen molar-refractivity contribution in [3.05, 3.63) is 99.6 Å².